The summed E-state index contributed by atoms with van der Waals surface area (Å²) in [6.45, 7) is 2.21. The minimum absolute atomic E-state index is 0.0377. The van der Waals surface area contributed by atoms with Gasteiger partial charge in [-0.15, -0.1) is 0 Å². The Hall–Kier alpha value is -2.10. The second-order valence-corrected chi connectivity index (χ2v) is 3.87. The maximum Gasteiger partial charge on any atom is 0.184 e. The number of hydrogen-bond acceptors (Lipinski definition) is 3. The molecule has 0 aliphatic carbocycles. The zero-order valence-electron chi connectivity index (χ0n) is 9.88. The second kappa shape index (κ2) is 4.82. The van der Waals surface area contributed by atoms with Gasteiger partial charge in [-0.3, -0.25) is 9.48 Å². The lowest BCUT2D eigenvalue weighted by Crippen LogP contribution is -2.10. The molecule has 1 aromatic carbocycles. The van der Waals surface area contributed by atoms with E-state index >= 15 is 0 Å². The molecule has 0 amide bonds. The van der Waals surface area contributed by atoms with Crippen molar-refractivity contribution >= 4 is 5.78 Å². The van der Waals surface area contributed by atoms with Crippen molar-refractivity contribution < 1.29 is 9.53 Å². The molecule has 0 bridgehead atoms. The normalized spacial score (nSPS) is 10.2. The third kappa shape index (κ3) is 2.72. The Balaban J connectivity index is 2.09. The number of benzene rings is 1. The Morgan fingerprint density at radius 2 is 2.06 bits per heavy atom. The molecule has 0 saturated heterocycles. The molecule has 2 aromatic rings. The highest BCUT2D eigenvalue weighted by atomic mass is 16.5. The fourth-order valence-electron chi connectivity index (χ4n) is 1.57. The van der Waals surface area contributed by atoms with E-state index in [1.54, 1.807) is 42.3 Å². The second-order valence-electron chi connectivity index (χ2n) is 3.87. The monoisotopic (exact) mass is 230 g/mol. The molecule has 0 fully saturated rings. The van der Waals surface area contributed by atoms with Crippen molar-refractivity contribution in [3.63, 3.8) is 0 Å². The van der Waals surface area contributed by atoms with Crippen LogP contribution in [0.1, 0.15) is 15.9 Å². The number of carbonyl (C=O) groups is 1. The molecule has 17 heavy (non-hydrogen) atoms. The molecule has 2 rings (SSSR count). The van der Waals surface area contributed by atoms with Gasteiger partial charge in [0.1, 0.15) is 12.3 Å². The highest BCUT2D eigenvalue weighted by molar-refractivity contribution is 5.95. The quantitative estimate of drug-likeness (QED) is 0.755. The van der Waals surface area contributed by atoms with E-state index in [1.165, 1.54) is 0 Å². The first kappa shape index (κ1) is 11.4. The summed E-state index contributed by atoms with van der Waals surface area (Å²) in [5.74, 6) is 0.784. The van der Waals surface area contributed by atoms with Gasteiger partial charge in [-0.25, -0.2) is 0 Å². The Labute approximate surface area is 99.8 Å². The Morgan fingerprint density at radius 3 is 2.59 bits per heavy atom. The Kier molecular flexibility index (Phi) is 3.23. The number of aromatic nitrogens is 2. The lowest BCUT2D eigenvalue weighted by molar-refractivity contribution is 0.0967. The molecule has 0 N–H and O–H groups in total. The van der Waals surface area contributed by atoms with Crippen LogP contribution in [0.3, 0.4) is 0 Å². The predicted octanol–water partition coefficient (Wildman–Crippen LogP) is 2.08. The van der Waals surface area contributed by atoms with Crippen molar-refractivity contribution in [2.24, 2.45) is 0 Å². The van der Waals surface area contributed by atoms with E-state index in [9.17, 15) is 4.79 Å². The minimum Gasteiger partial charge on any atom is -0.497 e. The topological polar surface area (TPSA) is 44.1 Å². The summed E-state index contributed by atoms with van der Waals surface area (Å²) < 4.78 is 6.68. The van der Waals surface area contributed by atoms with Gasteiger partial charge >= 0.3 is 0 Å². The van der Waals surface area contributed by atoms with Crippen LogP contribution in [0.25, 0.3) is 0 Å². The largest absolute Gasteiger partial charge is 0.497 e. The van der Waals surface area contributed by atoms with Gasteiger partial charge in [0.15, 0.2) is 5.78 Å². The number of ether oxygens (including phenoxy) is 1. The van der Waals surface area contributed by atoms with Crippen LogP contribution >= 0.6 is 0 Å². The minimum atomic E-state index is 0.0377. The van der Waals surface area contributed by atoms with Crippen LogP contribution in [0.2, 0.25) is 0 Å². The molecule has 1 heterocycles. The van der Waals surface area contributed by atoms with Gasteiger partial charge in [-0.05, 0) is 36.8 Å². The Morgan fingerprint density at radius 1 is 1.35 bits per heavy atom. The van der Waals surface area contributed by atoms with E-state index in [4.69, 9.17) is 4.74 Å². The lowest BCUT2D eigenvalue weighted by Gasteiger charge is -2.03. The number of methoxy groups -OCH3 is 1. The van der Waals surface area contributed by atoms with Crippen LogP contribution in [0.4, 0.5) is 0 Å². The molecule has 0 aliphatic heterocycles. The SMILES string of the molecule is COc1ccc(C(=O)Cn2cc(C)cn2)cc1. The summed E-state index contributed by atoms with van der Waals surface area (Å²) in [6, 6.07) is 7.08. The van der Waals surface area contributed by atoms with Crippen LogP contribution in [-0.2, 0) is 6.54 Å². The van der Waals surface area contributed by atoms with Crippen LogP contribution < -0.4 is 4.74 Å². The Bertz CT molecular complexity index is 514. The fourth-order valence-corrected chi connectivity index (χ4v) is 1.57. The predicted molar refractivity (Wildman–Crippen MR) is 64.3 cm³/mol. The number of rotatable bonds is 4. The highest BCUT2D eigenvalue weighted by Crippen LogP contribution is 2.12. The van der Waals surface area contributed by atoms with E-state index in [-0.39, 0.29) is 12.3 Å². The molecule has 0 saturated carbocycles. The molecule has 0 atom stereocenters. The maximum atomic E-state index is 11.9. The molecular weight excluding hydrogens is 216 g/mol. The summed E-state index contributed by atoms with van der Waals surface area (Å²) in [7, 11) is 1.60. The standard InChI is InChI=1S/C13H14N2O2/c1-10-7-14-15(8-10)9-13(16)11-3-5-12(17-2)6-4-11/h3-8H,9H2,1-2H3. The molecule has 88 valence electrons. The number of nitrogens with zero attached hydrogens (tertiary/aromatic N) is 2. The highest BCUT2D eigenvalue weighted by Gasteiger charge is 2.07. The number of aryl methyl sites for hydroxylation is 1. The summed E-state index contributed by atoms with van der Waals surface area (Å²) >= 11 is 0. The van der Waals surface area contributed by atoms with Crippen LogP contribution in [0.15, 0.2) is 36.7 Å². The van der Waals surface area contributed by atoms with E-state index in [2.05, 4.69) is 5.10 Å². The van der Waals surface area contributed by atoms with Crippen molar-refractivity contribution in [1.82, 2.24) is 9.78 Å². The smallest absolute Gasteiger partial charge is 0.184 e. The average Bonchev–Trinajstić information content (AvgIpc) is 2.75. The van der Waals surface area contributed by atoms with Gasteiger partial charge < -0.3 is 4.74 Å². The third-order valence-electron chi connectivity index (χ3n) is 2.48. The molecular formula is C13H14N2O2. The van der Waals surface area contributed by atoms with Gasteiger partial charge in [0.05, 0.1) is 13.3 Å². The zero-order valence-corrected chi connectivity index (χ0v) is 9.88. The zero-order chi connectivity index (χ0) is 12.3. The molecule has 4 nitrogen and oxygen atoms in total. The summed E-state index contributed by atoms with van der Waals surface area (Å²) in [4.78, 5) is 11.9. The van der Waals surface area contributed by atoms with Gasteiger partial charge in [-0.1, -0.05) is 0 Å². The molecule has 0 radical (unpaired) electrons. The van der Waals surface area contributed by atoms with Crippen molar-refractivity contribution in [3.05, 3.63) is 47.8 Å². The first-order valence-corrected chi connectivity index (χ1v) is 5.35. The van der Waals surface area contributed by atoms with Crippen molar-refractivity contribution in [2.45, 2.75) is 13.5 Å². The van der Waals surface area contributed by atoms with E-state index in [1.807, 2.05) is 13.1 Å². The van der Waals surface area contributed by atoms with Crippen molar-refractivity contribution in [2.75, 3.05) is 7.11 Å². The van der Waals surface area contributed by atoms with Crippen LogP contribution in [0, 0.1) is 6.92 Å². The van der Waals surface area contributed by atoms with Gasteiger partial charge in [0, 0.05) is 11.8 Å². The molecule has 4 heteroatoms. The number of Topliss-reactive ketones (excluding diaryl/α,β-unsaturated/α-hetero) is 1. The van der Waals surface area contributed by atoms with Crippen molar-refractivity contribution in [1.29, 1.82) is 0 Å². The summed E-state index contributed by atoms with van der Waals surface area (Å²) in [5.41, 5.74) is 1.71. The molecule has 0 unspecified atom stereocenters. The molecule has 0 spiro atoms. The maximum absolute atomic E-state index is 11.9. The summed E-state index contributed by atoms with van der Waals surface area (Å²) in [5, 5.41) is 4.09. The fraction of sp³-hybridized carbons (Fsp3) is 0.231. The van der Waals surface area contributed by atoms with Gasteiger partial charge in [0.2, 0.25) is 0 Å². The number of hydrogen-bond donors (Lipinski definition) is 0. The van der Waals surface area contributed by atoms with Crippen LogP contribution in [0.5, 0.6) is 5.75 Å². The lowest BCUT2D eigenvalue weighted by atomic mass is 10.1. The van der Waals surface area contributed by atoms with Crippen LogP contribution in [-0.4, -0.2) is 22.7 Å². The molecule has 1 aromatic heterocycles. The van der Waals surface area contributed by atoms with E-state index in [0.717, 1.165) is 11.3 Å². The van der Waals surface area contributed by atoms with Gasteiger partial charge in [0.25, 0.3) is 0 Å². The van der Waals surface area contributed by atoms with Crippen molar-refractivity contribution in [3.8, 4) is 5.75 Å². The first-order chi connectivity index (χ1) is 8.19. The summed E-state index contributed by atoms with van der Waals surface area (Å²) in [6.07, 6.45) is 3.59. The van der Waals surface area contributed by atoms with E-state index in [0.29, 0.717) is 5.56 Å². The number of carbonyl (C=O) groups excluding carboxylic acids is 1. The average molecular weight is 230 g/mol. The van der Waals surface area contributed by atoms with Gasteiger partial charge in [-0.2, -0.15) is 5.10 Å². The van der Waals surface area contributed by atoms with E-state index < -0.39 is 0 Å². The molecule has 0 aliphatic rings. The first-order valence-electron chi connectivity index (χ1n) is 5.35. The number of ketones is 1. The third-order valence-corrected chi connectivity index (χ3v) is 2.48.